The van der Waals surface area contributed by atoms with Crippen LogP contribution in [0.2, 0.25) is 0 Å². The highest BCUT2D eigenvalue weighted by Gasteiger charge is 2.30. The van der Waals surface area contributed by atoms with Crippen molar-refractivity contribution in [3.05, 3.63) is 36.8 Å². The molecule has 2 aliphatic rings. The van der Waals surface area contributed by atoms with E-state index in [1.165, 1.54) is 12.7 Å². The minimum Gasteiger partial charge on any atom is -0.356 e. The van der Waals surface area contributed by atoms with E-state index in [1.54, 1.807) is 6.08 Å². The summed E-state index contributed by atoms with van der Waals surface area (Å²) < 4.78 is 5.43. The summed E-state index contributed by atoms with van der Waals surface area (Å²) in [4.78, 5) is 28.0. The third-order valence-electron chi connectivity index (χ3n) is 2.77. The number of amides is 1. The molecule has 0 radical (unpaired) electrons. The van der Waals surface area contributed by atoms with Gasteiger partial charge in [-0.25, -0.2) is 15.0 Å². The van der Waals surface area contributed by atoms with E-state index in [2.05, 4.69) is 31.8 Å². The van der Waals surface area contributed by atoms with E-state index in [9.17, 15) is 4.79 Å². The smallest absolute Gasteiger partial charge is 0.259 e. The predicted molar refractivity (Wildman–Crippen MR) is 67.1 cm³/mol. The summed E-state index contributed by atoms with van der Waals surface area (Å²) in [6.45, 7) is 4.38. The number of carbonyl (C=O) groups excluding carboxylic acids is 1. The third kappa shape index (κ3) is 2.27. The van der Waals surface area contributed by atoms with E-state index in [1.807, 2.05) is 0 Å². The number of morpholine rings is 1. The second kappa shape index (κ2) is 4.69. The van der Waals surface area contributed by atoms with Crippen LogP contribution in [0.3, 0.4) is 0 Å². The average Bonchev–Trinajstić information content (AvgIpc) is 2.89. The van der Waals surface area contributed by atoms with Crippen LogP contribution in [-0.2, 0) is 9.53 Å². The maximum atomic E-state index is 11.8. The van der Waals surface area contributed by atoms with Gasteiger partial charge in [0.05, 0.1) is 18.9 Å². The van der Waals surface area contributed by atoms with Crippen molar-refractivity contribution >= 4 is 17.2 Å². The number of rotatable bonds is 2. The number of nitrogens with zero attached hydrogens (tertiary/aromatic N) is 4. The Morgan fingerprint density at radius 2 is 2.16 bits per heavy atom. The molecule has 1 atom stereocenters. The second-order valence-corrected chi connectivity index (χ2v) is 4.16. The minimum absolute atomic E-state index is 0.247. The Kier molecular flexibility index (Phi) is 2.88. The Labute approximate surface area is 109 Å². The van der Waals surface area contributed by atoms with Crippen molar-refractivity contribution in [3.63, 3.8) is 0 Å². The fourth-order valence-corrected chi connectivity index (χ4v) is 1.90. The van der Waals surface area contributed by atoms with Gasteiger partial charge in [0, 0.05) is 11.3 Å². The van der Waals surface area contributed by atoms with Crippen molar-refractivity contribution in [2.75, 3.05) is 13.2 Å². The molecule has 1 saturated heterocycles. The standard InChI is InChI=1S/C12H11N5O2/c1-7-4-19-10(12(18)17-7)9-2-8(3-14-9)11-15-5-13-6-16-11/h2,5-6,10H,1,3-4H2,(H,17,18). The first-order chi connectivity index (χ1) is 9.24. The molecule has 1 N–H and O–H groups in total. The lowest BCUT2D eigenvalue weighted by atomic mass is 10.1. The molecule has 1 aromatic heterocycles. The van der Waals surface area contributed by atoms with E-state index >= 15 is 0 Å². The van der Waals surface area contributed by atoms with Crippen LogP contribution in [0.5, 0.6) is 0 Å². The normalized spacial score (nSPS) is 22.8. The lowest BCUT2D eigenvalue weighted by molar-refractivity contribution is -0.130. The number of hydrogen-bond donors (Lipinski definition) is 1. The number of hydrogen-bond acceptors (Lipinski definition) is 6. The molecule has 1 amide bonds. The molecule has 1 fully saturated rings. The van der Waals surface area contributed by atoms with Gasteiger partial charge in [-0.15, -0.1) is 0 Å². The molecule has 19 heavy (non-hydrogen) atoms. The maximum absolute atomic E-state index is 11.8. The van der Waals surface area contributed by atoms with Gasteiger partial charge in [-0.1, -0.05) is 6.58 Å². The van der Waals surface area contributed by atoms with Crippen molar-refractivity contribution in [2.45, 2.75) is 6.10 Å². The van der Waals surface area contributed by atoms with Gasteiger partial charge in [0.2, 0.25) is 0 Å². The number of aromatic nitrogens is 3. The third-order valence-corrected chi connectivity index (χ3v) is 2.77. The molecular formula is C12H11N5O2. The van der Waals surface area contributed by atoms with E-state index in [0.29, 0.717) is 30.4 Å². The number of aliphatic imine (C=N–C) groups is 1. The molecule has 0 bridgehead atoms. The Hall–Kier alpha value is -2.41. The van der Waals surface area contributed by atoms with Gasteiger partial charge in [-0.05, 0) is 6.08 Å². The van der Waals surface area contributed by atoms with Crippen LogP contribution in [-0.4, -0.2) is 45.8 Å². The van der Waals surface area contributed by atoms with Crippen LogP contribution >= 0.6 is 0 Å². The summed E-state index contributed by atoms with van der Waals surface area (Å²) in [6.07, 6.45) is 3.95. The first-order valence-corrected chi connectivity index (χ1v) is 5.71. The molecule has 0 aromatic carbocycles. The lowest BCUT2D eigenvalue weighted by Crippen LogP contribution is -2.46. The maximum Gasteiger partial charge on any atom is 0.259 e. The van der Waals surface area contributed by atoms with Crippen molar-refractivity contribution in [1.82, 2.24) is 20.3 Å². The number of carbonyl (C=O) groups is 1. The molecule has 96 valence electrons. The van der Waals surface area contributed by atoms with Crippen LogP contribution in [0.4, 0.5) is 0 Å². The molecular weight excluding hydrogens is 246 g/mol. The summed E-state index contributed by atoms with van der Waals surface area (Å²) in [5.41, 5.74) is 1.99. The topological polar surface area (TPSA) is 89.4 Å². The van der Waals surface area contributed by atoms with Gasteiger partial charge < -0.3 is 10.1 Å². The van der Waals surface area contributed by atoms with Gasteiger partial charge in [0.25, 0.3) is 5.91 Å². The van der Waals surface area contributed by atoms with Crippen LogP contribution in [0.25, 0.3) is 5.57 Å². The fourth-order valence-electron chi connectivity index (χ4n) is 1.90. The number of ether oxygens (including phenoxy) is 1. The van der Waals surface area contributed by atoms with Crippen LogP contribution in [0.15, 0.2) is 36.0 Å². The van der Waals surface area contributed by atoms with Crippen LogP contribution < -0.4 is 5.32 Å². The highest BCUT2D eigenvalue weighted by atomic mass is 16.5. The largest absolute Gasteiger partial charge is 0.356 e. The zero-order valence-corrected chi connectivity index (χ0v) is 10.0. The first-order valence-electron chi connectivity index (χ1n) is 5.71. The van der Waals surface area contributed by atoms with E-state index < -0.39 is 6.10 Å². The molecule has 1 aromatic rings. The SMILES string of the molecule is C=C1COC(C2=NCC(c3ncncn3)=C2)C(=O)N1. The average molecular weight is 257 g/mol. The zero-order valence-electron chi connectivity index (χ0n) is 10.0. The van der Waals surface area contributed by atoms with Crippen LogP contribution in [0, 0.1) is 0 Å². The molecule has 0 saturated carbocycles. The monoisotopic (exact) mass is 257 g/mol. The molecule has 3 rings (SSSR count). The highest BCUT2D eigenvalue weighted by molar-refractivity contribution is 6.17. The molecule has 0 aliphatic carbocycles. The van der Waals surface area contributed by atoms with Gasteiger partial charge in [-0.3, -0.25) is 9.79 Å². The van der Waals surface area contributed by atoms with Gasteiger partial charge in [-0.2, -0.15) is 0 Å². The zero-order chi connectivity index (χ0) is 13.2. The predicted octanol–water partition coefficient (Wildman–Crippen LogP) is -0.262. The van der Waals surface area contributed by atoms with Crippen molar-refractivity contribution < 1.29 is 9.53 Å². The molecule has 3 heterocycles. The minimum atomic E-state index is -0.690. The van der Waals surface area contributed by atoms with Gasteiger partial charge in [0.15, 0.2) is 11.9 Å². The van der Waals surface area contributed by atoms with Crippen molar-refractivity contribution in [2.24, 2.45) is 4.99 Å². The van der Waals surface area contributed by atoms with Gasteiger partial charge >= 0.3 is 0 Å². The molecule has 0 spiro atoms. The summed E-state index contributed by atoms with van der Waals surface area (Å²) in [5, 5.41) is 2.65. The number of nitrogens with one attached hydrogen (secondary N) is 1. The first kappa shape index (κ1) is 11.7. The Morgan fingerprint density at radius 3 is 2.89 bits per heavy atom. The molecule has 7 heteroatoms. The molecule has 2 aliphatic heterocycles. The van der Waals surface area contributed by atoms with Crippen molar-refractivity contribution in [1.29, 1.82) is 0 Å². The Balaban J connectivity index is 1.79. The summed E-state index contributed by atoms with van der Waals surface area (Å²) in [5.74, 6) is 0.317. The lowest BCUT2D eigenvalue weighted by Gasteiger charge is -2.23. The molecule has 7 nitrogen and oxygen atoms in total. The van der Waals surface area contributed by atoms with E-state index in [-0.39, 0.29) is 5.91 Å². The summed E-state index contributed by atoms with van der Waals surface area (Å²) >= 11 is 0. The second-order valence-electron chi connectivity index (χ2n) is 4.16. The van der Waals surface area contributed by atoms with Gasteiger partial charge in [0.1, 0.15) is 12.7 Å². The van der Waals surface area contributed by atoms with Crippen molar-refractivity contribution in [3.8, 4) is 0 Å². The summed E-state index contributed by atoms with van der Waals surface area (Å²) in [7, 11) is 0. The highest BCUT2D eigenvalue weighted by Crippen LogP contribution is 2.18. The van der Waals surface area contributed by atoms with E-state index in [4.69, 9.17) is 4.74 Å². The Morgan fingerprint density at radius 1 is 1.37 bits per heavy atom. The summed E-state index contributed by atoms with van der Waals surface area (Å²) in [6, 6.07) is 0. The molecule has 1 unspecified atom stereocenters. The quantitative estimate of drug-likeness (QED) is 0.788. The fraction of sp³-hybridized carbons (Fsp3) is 0.250. The van der Waals surface area contributed by atoms with E-state index in [0.717, 1.165) is 5.57 Å². The Bertz CT molecular complexity index is 593. The van der Waals surface area contributed by atoms with Crippen LogP contribution in [0.1, 0.15) is 5.82 Å².